The summed E-state index contributed by atoms with van der Waals surface area (Å²) >= 11 is 0. The monoisotopic (exact) mass is 157 g/mol. The molecule has 1 saturated heterocycles. The van der Waals surface area contributed by atoms with Gasteiger partial charge >= 0.3 is 0 Å². The van der Waals surface area contributed by atoms with Crippen LogP contribution in [0.1, 0.15) is 33.6 Å². The van der Waals surface area contributed by atoms with Crippen LogP contribution in [-0.4, -0.2) is 18.2 Å². The van der Waals surface area contributed by atoms with Crippen molar-refractivity contribution in [2.75, 3.05) is 6.54 Å². The van der Waals surface area contributed by atoms with E-state index >= 15 is 0 Å². The van der Waals surface area contributed by atoms with Gasteiger partial charge < -0.3 is 10.5 Å². The van der Waals surface area contributed by atoms with Crippen LogP contribution in [0.3, 0.4) is 0 Å². The lowest BCUT2D eigenvalue weighted by Gasteiger charge is -2.24. The van der Waals surface area contributed by atoms with Crippen molar-refractivity contribution in [3.05, 3.63) is 0 Å². The molecule has 2 heteroatoms. The predicted molar refractivity (Wildman–Crippen MR) is 46.4 cm³/mol. The molecule has 2 nitrogen and oxygen atoms in total. The van der Waals surface area contributed by atoms with Gasteiger partial charge in [0.25, 0.3) is 0 Å². The Hall–Kier alpha value is -0.0800. The van der Waals surface area contributed by atoms with Crippen LogP contribution in [0.2, 0.25) is 0 Å². The van der Waals surface area contributed by atoms with Crippen LogP contribution < -0.4 is 5.73 Å². The average Bonchev–Trinajstić information content (AvgIpc) is 2.33. The molecule has 2 atom stereocenters. The molecule has 0 aliphatic carbocycles. The molecule has 1 rings (SSSR count). The van der Waals surface area contributed by atoms with E-state index in [1.807, 2.05) is 0 Å². The molecule has 11 heavy (non-hydrogen) atoms. The van der Waals surface area contributed by atoms with Crippen molar-refractivity contribution < 1.29 is 4.74 Å². The lowest BCUT2D eigenvalue weighted by Crippen LogP contribution is -2.35. The van der Waals surface area contributed by atoms with Crippen molar-refractivity contribution in [1.82, 2.24) is 0 Å². The summed E-state index contributed by atoms with van der Waals surface area (Å²) in [6, 6.07) is 0. The van der Waals surface area contributed by atoms with Gasteiger partial charge in [-0.1, -0.05) is 13.8 Å². The minimum atomic E-state index is -0.0328. The quantitative estimate of drug-likeness (QED) is 0.660. The summed E-state index contributed by atoms with van der Waals surface area (Å²) in [5.41, 5.74) is 5.57. The zero-order valence-corrected chi connectivity index (χ0v) is 7.76. The first-order valence-corrected chi connectivity index (χ1v) is 4.45. The minimum absolute atomic E-state index is 0.0328. The highest BCUT2D eigenvalue weighted by atomic mass is 16.5. The number of rotatable bonds is 2. The zero-order valence-electron chi connectivity index (χ0n) is 7.76. The maximum Gasteiger partial charge on any atom is 0.0781 e. The first-order chi connectivity index (χ1) is 5.07. The van der Waals surface area contributed by atoms with E-state index < -0.39 is 0 Å². The molecule has 0 spiro atoms. The van der Waals surface area contributed by atoms with E-state index in [2.05, 4.69) is 20.8 Å². The Morgan fingerprint density at radius 1 is 1.64 bits per heavy atom. The third kappa shape index (κ3) is 1.94. The molecule has 0 saturated carbocycles. The fourth-order valence-corrected chi connectivity index (χ4v) is 1.55. The van der Waals surface area contributed by atoms with Gasteiger partial charge in [0, 0.05) is 6.54 Å². The molecule has 0 radical (unpaired) electrons. The SMILES string of the molecule is CC(C)C1CCC(C)(CN)O1. The summed E-state index contributed by atoms with van der Waals surface area (Å²) in [4.78, 5) is 0. The highest BCUT2D eigenvalue weighted by molar-refractivity contribution is 4.86. The molecular formula is C9H19NO. The van der Waals surface area contributed by atoms with E-state index in [-0.39, 0.29) is 5.60 Å². The summed E-state index contributed by atoms with van der Waals surface area (Å²) in [6.07, 6.45) is 2.72. The van der Waals surface area contributed by atoms with E-state index in [9.17, 15) is 0 Å². The summed E-state index contributed by atoms with van der Waals surface area (Å²) < 4.78 is 5.83. The molecule has 0 bridgehead atoms. The van der Waals surface area contributed by atoms with Crippen molar-refractivity contribution in [2.24, 2.45) is 11.7 Å². The summed E-state index contributed by atoms with van der Waals surface area (Å²) in [5, 5.41) is 0. The van der Waals surface area contributed by atoms with Crippen LogP contribution in [0.5, 0.6) is 0 Å². The molecule has 0 aromatic heterocycles. The van der Waals surface area contributed by atoms with Crippen LogP contribution >= 0.6 is 0 Å². The van der Waals surface area contributed by atoms with E-state index in [1.165, 1.54) is 6.42 Å². The van der Waals surface area contributed by atoms with Crippen LogP contribution in [0, 0.1) is 5.92 Å². The van der Waals surface area contributed by atoms with Crippen molar-refractivity contribution in [1.29, 1.82) is 0 Å². The predicted octanol–water partition coefficient (Wildman–Crippen LogP) is 1.54. The van der Waals surface area contributed by atoms with Gasteiger partial charge in [0.2, 0.25) is 0 Å². The molecule has 1 aliphatic heterocycles. The highest BCUT2D eigenvalue weighted by Crippen LogP contribution is 2.32. The highest BCUT2D eigenvalue weighted by Gasteiger charge is 2.35. The zero-order chi connectivity index (χ0) is 8.48. The lowest BCUT2D eigenvalue weighted by molar-refractivity contribution is -0.0399. The topological polar surface area (TPSA) is 35.2 Å². The third-order valence-electron chi connectivity index (χ3n) is 2.57. The second-order valence-electron chi connectivity index (χ2n) is 4.09. The molecule has 1 heterocycles. The number of hydrogen-bond acceptors (Lipinski definition) is 2. The number of ether oxygens (including phenoxy) is 1. The Labute approximate surface area is 69.1 Å². The Morgan fingerprint density at radius 2 is 2.27 bits per heavy atom. The maximum absolute atomic E-state index is 5.83. The summed E-state index contributed by atoms with van der Waals surface area (Å²) in [5.74, 6) is 0.628. The molecule has 0 aromatic rings. The Balaban J connectivity index is 2.46. The van der Waals surface area contributed by atoms with Crippen molar-refractivity contribution in [2.45, 2.75) is 45.3 Å². The van der Waals surface area contributed by atoms with Crippen molar-refractivity contribution >= 4 is 0 Å². The lowest BCUT2D eigenvalue weighted by atomic mass is 10.00. The molecule has 2 N–H and O–H groups in total. The largest absolute Gasteiger partial charge is 0.370 e. The van der Waals surface area contributed by atoms with Crippen LogP contribution in [0.15, 0.2) is 0 Å². The van der Waals surface area contributed by atoms with Crippen LogP contribution in [0.4, 0.5) is 0 Å². The summed E-state index contributed by atoms with van der Waals surface area (Å²) in [7, 11) is 0. The molecule has 1 fully saturated rings. The fourth-order valence-electron chi connectivity index (χ4n) is 1.55. The van der Waals surface area contributed by atoms with Crippen molar-refractivity contribution in [3.63, 3.8) is 0 Å². The molecule has 66 valence electrons. The van der Waals surface area contributed by atoms with Crippen LogP contribution in [-0.2, 0) is 4.74 Å². The number of nitrogens with two attached hydrogens (primary N) is 1. The Bertz CT molecular complexity index is 136. The van der Waals surface area contributed by atoms with Crippen molar-refractivity contribution in [3.8, 4) is 0 Å². The minimum Gasteiger partial charge on any atom is -0.370 e. The molecule has 1 aliphatic rings. The molecular weight excluding hydrogens is 138 g/mol. The first kappa shape index (κ1) is 9.01. The smallest absolute Gasteiger partial charge is 0.0781 e. The second-order valence-corrected chi connectivity index (χ2v) is 4.09. The van der Waals surface area contributed by atoms with Gasteiger partial charge in [0.1, 0.15) is 0 Å². The normalized spacial score (nSPS) is 38.5. The fraction of sp³-hybridized carbons (Fsp3) is 1.00. The van der Waals surface area contributed by atoms with E-state index in [0.29, 0.717) is 18.6 Å². The van der Waals surface area contributed by atoms with Gasteiger partial charge in [-0.15, -0.1) is 0 Å². The van der Waals surface area contributed by atoms with Gasteiger partial charge in [0.15, 0.2) is 0 Å². The number of hydrogen-bond donors (Lipinski definition) is 1. The van der Waals surface area contributed by atoms with Gasteiger partial charge in [-0.2, -0.15) is 0 Å². The Kier molecular flexibility index (Phi) is 2.55. The molecule has 2 unspecified atom stereocenters. The first-order valence-electron chi connectivity index (χ1n) is 4.45. The third-order valence-corrected chi connectivity index (χ3v) is 2.57. The molecule has 0 amide bonds. The van der Waals surface area contributed by atoms with Gasteiger partial charge in [-0.05, 0) is 25.7 Å². The van der Waals surface area contributed by atoms with E-state index in [4.69, 9.17) is 10.5 Å². The standard InChI is InChI=1S/C9H19NO/c1-7(2)8-4-5-9(3,6-10)11-8/h7-8H,4-6,10H2,1-3H3. The van der Waals surface area contributed by atoms with Gasteiger partial charge in [0.05, 0.1) is 11.7 Å². The average molecular weight is 157 g/mol. The molecule has 0 aromatic carbocycles. The maximum atomic E-state index is 5.83. The van der Waals surface area contributed by atoms with Gasteiger partial charge in [-0.3, -0.25) is 0 Å². The van der Waals surface area contributed by atoms with Crippen LogP contribution in [0.25, 0.3) is 0 Å². The van der Waals surface area contributed by atoms with Gasteiger partial charge in [-0.25, -0.2) is 0 Å². The summed E-state index contributed by atoms with van der Waals surface area (Å²) in [6.45, 7) is 7.16. The van der Waals surface area contributed by atoms with E-state index in [0.717, 1.165) is 6.42 Å². The van der Waals surface area contributed by atoms with E-state index in [1.54, 1.807) is 0 Å². The Morgan fingerprint density at radius 3 is 2.55 bits per heavy atom. The second kappa shape index (κ2) is 3.11.